The maximum Gasteiger partial charge on any atom is 0.241 e. The first kappa shape index (κ1) is 16.8. The van der Waals surface area contributed by atoms with Gasteiger partial charge in [0.05, 0.1) is 10.4 Å². The number of rotatable bonds is 6. The normalized spacial score (nSPS) is 11.8. The van der Waals surface area contributed by atoms with Crippen molar-refractivity contribution < 1.29 is 8.42 Å². The second-order valence-corrected chi connectivity index (χ2v) is 8.54. The van der Waals surface area contributed by atoms with Crippen molar-refractivity contribution in [1.29, 1.82) is 0 Å². The smallest absolute Gasteiger partial charge is 0.241 e. The third-order valence-electron chi connectivity index (χ3n) is 3.54. The molecule has 2 aromatic heterocycles. The van der Waals surface area contributed by atoms with E-state index < -0.39 is 10.0 Å². The van der Waals surface area contributed by atoms with Gasteiger partial charge in [0.25, 0.3) is 0 Å². The summed E-state index contributed by atoms with van der Waals surface area (Å²) in [5, 5.41) is 4.07. The average Bonchev–Trinajstić information content (AvgIpc) is 2.91. The molecule has 0 amide bonds. The van der Waals surface area contributed by atoms with Gasteiger partial charge in [0.1, 0.15) is 12.1 Å². The molecule has 0 fully saturated rings. The van der Waals surface area contributed by atoms with Crippen molar-refractivity contribution in [3.8, 4) is 0 Å². The van der Waals surface area contributed by atoms with Crippen molar-refractivity contribution >= 4 is 38.1 Å². The molecule has 0 atom stereocenters. The number of nitrogens with zero attached hydrogens (tertiary/aromatic N) is 2. The van der Waals surface area contributed by atoms with E-state index in [4.69, 9.17) is 0 Å². The second-order valence-electron chi connectivity index (χ2n) is 5.34. The molecule has 0 aliphatic heterocycles. The number of thiophene rings is 1. The van der Waals surface area contributed by atoms with Crippen molar-refractivity contribution in [2.75, 3.05) is 18.4 Å². The van der Waals surface area contributed by atoms with Crippen LogP contribution in [0.3, 0.4) is 0 Å². The first-order valence-electron chi connectivity index (χ1n) is 7.48. The van der Waals surface area contributed by atoms with Gasteiger partial charge in [0.15, 0.2) is 0 Å². The summed E-state index contributed by atoms with van der Waals surface area (Å²) in [6, 6.07) is 9.37. The van der Waals surface area contributed by atoms with E-state index in [9.17, 15) is 8.42 Å². The molecule has 0 bridgehead atoms. The molecule has 6 nitrogen and oxygen atoms in total. The minimum absolute atomic E-state index is 0.273. The van der Waals surface area contributed by atoms with Gasteiger partial charge in [-0.3, -0.25) is 0 Å². The van der Waals surface area contributed by atoms with Gasteiger partial charge in [-0.15, -0.1) is 11.3 Å². The van der Waals surface area contributed by atoms with Gasteiger partial charge in [-0.2, -0.15) is 0 Å². The van der Waals surface area contributed by atoms with E-state index in [-0.39, 0.29) is 6.54 Å². The largest absolute Gasteiger partial charge is 0.368 e. The van der Waals surface area contributed by atoms with Gasteiger partial charge in [-0.1, -0.05) is 12.1 Å². The van der Waals surface area contributed by atoms with Crippen molar-refractivity contribution in [3.05, 3.63) is 46.4 Å². The lowest BCUT2D eigenvalue weighted by atomic mass is 10.2. The highest BCUT2D eigenvalue weighted by molar-refractivity contribution is 7.89. The summed E-state index contributed by atoms with van der Waals surface area (Å²) in [6.07, 6.45) is 1.49. The van der Waals surface area contributed by atoms with Crippen LogP contribution in [0.1, 0.15) is 9.75 Å². The molecule has 24 heavy (non-hydrogen) atoms. The Bertz CT molecular complexity index is 962. The summed E-state index contributed by atoms with van der Waals surface area (Å²) in [6.45, 7) is 4.42. The molecule has 1 aromatic carbocycles. The van der Waals surface area contributed by atoms with Crippen LogP contribution in [-0.2, 0) is 10.0 Å². The summed E-state index contributed by atoms with van der Waals surface area (Å²) >= 11 is 1.48. The zero-order valence-electron chi connectivity index (χ0n) is 13.4. The summed E-state index contributed by atoms with van der Waals surface area (Å²) in [4.78, 5) is 10.6. The fourth-order valence-electron chi connectivity index (χ4n) is 2.46. The van der Waals surface area contributed by atoms with Crippen LogP contribution in [0.15, 0.2) is 41.6 Å². The number of anilines is 1. The third-order valence-corrected chi connectivity index (χ3v) is 6.22. The fraction of sp³-hybridized carbons (Fsp3) is 0.250. The zero-order valence-corrected chi connectivity index (χ0v) is 15.0. The number of fused-ring (bicyclic) bond motifs is 1. The van der Waals surface area contributed by atoms with Gasteiger partial charge in [-0.05, 0) is 32.0 Å². The number of sulfonamides is 1. The number of para-hydroxylation sites is 1. The number of nitrogens with one attached hydrogen (secondary N) is 2. The Morgan fingerprint density at radius 1 is 1.12 bits per heavy atom. The Hall–Kier alpha value is -2.03. The van der Waals surface area contributed by atoms with E-state index in [1.165, 1.54) is 17.7 Å². The van der Waals surface area contributed by atoms with Crippen molar-refractivity contribution in [2.24, 2.45) is 0 Å². The van der Waals surface area contributed by atoms with Crippen LogP contribution in [0.2, 0.25) is 0 Å². The van der Waals surface area contributed by atoms with E-state index in [0.29, 0.717) is 17.3 Å². The van der Waals surface area contributed by atoms with E-state index in [1.807, 2.05) is 38.1 Å². The van der Waals surface area contributed by atoms with Gasteiger partial charge < -0.3 is 5.32 Å². The molecule has 0 radical (unpaired) electrons. The minimum Gasteiger partial charge on any atom is -0.368 e. The molecule has 2 N–H and O–H groups in total. The van der Waals surface area contributed by atoms with E-state index in [2.05, 4.69) is 20.0 Å². The lowest BCUT2D eigenvalue weighted by molar-refractivity contribution is 0.582. The Morgan fingerprint density at radius 3 is 2.67 bits per heavy atom. The summed E-state index contributed by atoms with van der Waals surface area (Å²) in [7, 11) is -3.48. The van der Waals surface area contributed by atoms with Crippen molar-refractivity contribution in [1.82, 2.24) is 14.7 Å². The second kappa shape index (κ2) is 6.84. The Kier molecular flexibility index (Phi) is 4.79. The van der Waals surface area contributed by atoms with Gasteiger partial charge in [0, 0.05) is 28.2 Å². The summed E-state index contributed by atoms with van der Waals surface area (Å²) < 4.78 is 27.3. The Morgan fingerprint density at radius 2 is 1.92 bits per heavy atom. The third kappa shape index (κ3) is 3.55. The molecule has 0 aliphatic carbocycles. The van der Waals surface area contributed by atoms with E-state index >= 15 is 0 Å². The fourth-order valence-corrected chi connectivity index (χ4v) is 5.05. The van der Waals surface area contributed by atoms with Crippen LogP contribution >= 0.6 is 11.3 Å². The minimum atomic E-state index is -3.48. The van der Waals surface area contributed by atoms with Crippen LogP contribution in [0.5, 0.6) is 0 Å². The van der Waals surface area contributed by atoms with Crippen molar-refractivity contribution in [2.45, 2.75) is 18.7 Å². The molecule has 8 heteroatoms. The first-order chi connectivity index (χ1) is 11.5. The number of aryl methyl sites for hydroxylation is 2. The molecule has 0 spiro atoms. The number of hydrogen-bond acceptors (Lipinski definition) is 6. The SMILES string of the molecule is Cc1cc(S(=O)(=O)NCCNc2ncnc3ccccc23)c(C)s1. The molecule has 0 saturated carbocycles. The highest BCUT2D eigenvalue weighted by atomic mass is 32.2. The van der Waals surface area contributed by atoms with Crippen LogP contribution < -0.4 is 10.0 Å². The van der Waals surface area contributed by atoms with Gasteiger partial charge in [-0.25, -0.2) is 23.1 Å². The lowest BCUT2D eigenvalue weighted by Crippen LogP contribution is -2.29. The number of hydrogen-bond donors (Lipinski definition) is 2. The first-order valence-corrected chi connectivity index (χ1v) is 9.77. The molecule has 0 unspecified atom stereocenters. The Labute approximate surface area is 145 Å². The predicted molar refractivity (Wildman–Crippen MR) is 97.0 cm³/mol. The molecule has 2 heterocycles. The molecule has 3 rings (SSSR count). The molecule has 0 saturated heterocycles. The lowest BCUT2D eigenvalue weighted by Gasteiger charge is -2.09. The van der Waals surface area contributed by atoms with Gasteiger partial charge >= 0.3 is 0 Å². The average molecular weight is 362 g/mol. The maximum absolute atomic E-state index is 12.3. The molecule has 3 aromatic rings. The number of benzene rings is 1. The molecule has 0 aliphatic rings. The molecular weight excluding hydrogens is 344 g/mol. The zero-order chi connectivity index (χ0) is 17.2. The van der Waals surface area contributed by atoms with E-state index in [0.717, 1.165) is 20.7 Å². The standard InChI is InChI=1S/C16H18N4O2S2/c1-11-9-15(12(2)23-11)24(21,22)20-8-7-17-16-13-5-3-4-6-14(13)18-10-19-16/h3-6,9-10,20H,7-8H2,1-2H3,(H,17,18,19). The quantitative estimate of drug-likeness (QED) is 0.659. The predicted octanol–water partition coefficient (Wildman–Crippen LogP) is 2.70. The van der Waals surface area contributed by atoms with Crippen LogP contribution in [0.4, 0.5) is 5.82 Å². The molecular formula is C16H18N4O2S2. The molecule has 126 valence electrons. The van der Waals surface area contributed by atoms with Gasteiger partial charge in [0.2, 0.25) is 10.0 Å². The highest BCUT2D eigenvalue weighted by Crippen LogP contribution is 2.24. The monoisotopic (exact) mass is 362 g/mol. The number of aromatic nitrogens is 2. The summed E-state index contributed by atoms with van der Waals surface area (Å²) in [5.74, 6) is 0.697. The summed E-state index contributed by atoms with van der Waals surface area (Å²) in [5.41, 5.74) is 0.847. The Balaban J connectivity index is 1.63. The maximum atomic E-state index is 12.3. The highest BCUT2D eigenvalue weighted by Gasteiger charge is 2.18. The van der Waals surface area contributed by atoms with E-state index in [1.54, 1.807) is 6.07 Å². The van der Waals surface area contributed by atoms with Crippen LogP contribution in [0, 0.1) is 13.8 Å². The van der Waals surface area contributed by atoms with Crippen LogP contribution in [0.25, 0.3) is 10.9 Å². The topological polar surface area (TPSA) is 84.0 Å². The van der Waals surface area contributed by atoms with Crippen LogP contribution in [-0.4, -0.2) is 31.5 Å². The van der Waals surface area contributed by atoms with Crippen molar-refractivity contribution in [3.63, 3.8) is 0 Å².